The van der Waals surface area contributed by atoms with E-state index in [1.165, 1.54) is 6.07 Å². The van der Waals surface area contributed by atoms with Crippen LogP contribution in [0.25, 0.3) is 27.8 Å². The van der Waals surface area contributed by atoms with Gasteiger partial charge in [-0.15, -0.1) is 0 Å². The molecule has 5 aromatic rings. The van der Waals surface area contributed by atoms with Crippen molar-refractivity contribution in [2.75, 3.05) is 11.9 Å². The normalized spacial score (nSPS) is 11.2. The number of anilines is 1. The highest BCUT2D eigenvalue weighted by molar-refractivity contribution is 6.03. The third-order valence-corrected chi connectivity index (χ3v) is 5.21. The number of aromatic amines is 1. The number of carbonyl (C=O) groups excluding carboxylic acids is 1. The van der Waals surface area contributed by atoms with Gasteiger partial charge in [-0.25, -0.2) is 14.4 Å². The van der Waals surface area contributed by atoms with Crippen molar-refractivity contribution in [3.8, 4) is 16.9 Å². The Balaban J connectivity index is 1.40. The number of aryl methyl sites for hydroxylation is 1. The van der Waals surface area contributed by atoms with E-state index in [9.17, 15) is 9.18 Å². The van der Waals surface area contributed by atoms with Crippen LogP contribution in [-0.4, -0.2) is 31.9 Å². The van der Waals surface area contributed by atoms with Gasteiger partial charge >= 0.3 is 0 Å². The number of aromatic nitrogens is 4. The number of rotatable bonds is 5. The van der Waals surface area contributed by atoms with Gasteiger partial charge in [0.1, 0.15) is 11.3 Å². The Morgan fingerprint density at radius 3 is 2.72 bits per heavy atom. The summed E-state index contributed by atoms with van der Waals surface area (Å²) in [7, 11) is 0. The lowest BCUT2D eigenvalue weighted by molar-refractivity contribution is 0.102. The molecular formula is C24H20FN5O2. The van der Waals surface area contributed by atoms with Crippen LogP contribution in [0.5, 0.6) is 5.75 Å². The molecule has 160 valence electrons. The zero-order chi connectivity index (χ0) is 22.2. The quantitative estimate of drug-likeness (QED) is 0.413. The molecule has 0 aliphatic carbocycles. The first-order valence-electron chi connectivity index (χ1n) is 10.2. The van der Waals surface area contributed by atoms with Gasteiger partial charge in [0.15, 0.2) is 11.6 Å². The lowest BCUT2D eigenvalue weighted by atomic mass is 10.0. The Morgan fingerprint density at radius 2 is 1.94 bits per heavy atom. The highest BCUT2D eigenvalue weighted by Gasteiger charge is 2.14. The molecule has 2 N–H and O–H groups in total. The highest BCUT2D eigenvalue weighted by Crippen LogP contribution is 2.28. The molecule has 0 fully saturated rings. The van der Waals surface area contributed by atoms with Crippen LogP contribution >= 0.6 is 0 Å². The SMILES string of the molecule is CCOc1ccc(-c2ccc3[nH]c(NC(=O)c4cn5c(C)cccc5n4)nc3c2)cc1F. The summed E-state index contributed by atoms with van der Waals surface area (Å²) in [5.41, 5.74) is 4.90. The fourth-order valence-corrected chi connectivity index (χ4v) is 3.63. The van der Waals surface area contributed by atoms with E-state index in [1.54, 1.807) is 18.3 Å². The Kier molecular flexibility index (Phi) is 4.82. The van der Waals surface area contributed by atoms with Crippen LogP contribution < -0.4 is 10.1 Å². The number of nitrogens with one attached hydrogen (secondary N) is 2. The molecule has 0 aliphatic heterocycles. The summed E-state index contributed by atoms with van der Waals surface area (Å²) in [6.07, 6.45) is 1.70. The van der Waals surface area contributed by atoms with Gasteiger partial charge in [0, 0.05) is 11.9 Å². The van der Waals surface area contributed by atoms with Crippen LogP contribution in [0, 0.1) is 12.7 Å². The van der Waals surface area contributed by atoms with Gasteiger partial charge in [0.05, 0.1) is 17.6 Å². The molecule has 8 heteroatoms. The van der Waals surface area contributed by atoms with E-state index in [2.05, 4.69) is 20.3 Å². The first-order valence-corrected chi connectivity index (χ1v) is 10.2. The Bertz CT molecular complexity index is 1470. The molecule has 7 nitrogen and oxygen atoms in total. The maximum Gasteiger partial charge on any atom is 0.278 e. The zero-order valence-corrected chi connectivity index (χ0v) is 17.5. The van der Waals surface area contributed by atoms with Crippen molar-refractivity contribution in [1.29, 1.82) is 0 Å². The second-order valence-electron chi connectivity index (χ2n) is 7.37. The molecule has 1 amide bonds. The van der Waals surface area contributed by atoms with Crippen LogP contribution in [-0.2, 0) is 0 Å². The van der Waals surface area contributed by atoms with Gasteiger partial charge < -0.3 is 14.1 Å². The van der Waals surface area contributed by atoms with Crippen LogP contribution in [0.15, 0.2) is 60.8 Å². The molecule has 3 heterocycles. The molecule has 0 spiro atoms. The minimum Gasteiger partial charge on any atom is -0.491 e. The smallest absolute Gasteiger partial charge is 0.278 e. The maximum atomic E-state index is 14.2. The van der Waals surface area contributed by atoms with E-state index in [1.807, 2.05) is 54.6 Å². The Hall–Kier alpha value is -4.20. The lowest BCUT2D eigenvalue weighted by Crippen LogP contribution is -2.13. The van der Waals surface area contributed by atoms with Crippen molar-refractivity contribution in [2.45, 2.75) is 13.8 Å². The van der Waals surface area contributed by atoms with E-state index in [0.717, 1.165) is 16.8 Å². The first kappa shape index (κ1) is 19.7. The summed E-state index contributed by atoms with van der Waals surface area (Å²) in [6, 6.07) is 16.1. The average molecular weight is 429 g/mol. The molecule has 5 rings (SSSR count). The number of pyridine rings is 1. The number of halogens is 1. The van der Waals surface area contributed by atoms with Crippen molar-refractivity contribution >= 4 is 28.5 Å². The Morgan fingerprint density at radius 1 is 1.12 bits per heavy atom. The summed E-state index contributed by atoms with van der Waals surface area (Å²) in [5.74, 6) is -0.235. The van der Waals surface area contributed by atoms with E-state index in [-0.39, 0.29) is 11.7 Å². The zero-order valence-electron chi connectivity index (χ0n) is 17.5. The maximum absolute atomic E-state index is 14.2. The number of H-pyrrole nitrogens is 1. The summed E-state index contributed by atoms with van der Waals surface area (Å²) in [4.78, 5) is 24.6. The first-order chi connectivity index (χ1) is 15.5. The van der Waals surface area contributed by atoms with Gasteiger partial charge in [0.2, 0.25) is 5.95 Å². The summed E-state index contributed by atoms with van der Waals surface area (Å²) in [5, 5.41) is 2.76. The molecule has 0 aliphatic rings. The third-order valence-electron chi connectivity index (χ3n) is 5.21. The highest BCUT2D eigenvalue weighted by atomic mass is 19.1. The number of benzene rings is 2. The molecule has 0 bridgehead atoms. The van der Waals surface area contributed by atoms with Crippen molar-refractivity contribution in [2.24, 2.45) is 0 Å². The van der Waals surface area contributed by atoms with Crippen LogP contribution in [0.3, 0.4) is 0 Å². The molecule has 3 aromatic heterocycles. The van der Waals surface area contributed by atoms with Crippen molar-refractivity contribution < 1.29 is 13.9 Å². The second kappa shape index (κ2) is 7.81. The standard InChI is InChI=1S/C24H20FN5O2/c1-3-32-21-10-8-15(11-17(21)25)16-7-9-18-19(12-16)28-24(27-18)29-23(31)20-13-30-14(2)5-4-6-22(30)26-20/h4-13H,3H2,1-2H3,(H2,27,28,29,31). The molecular weight excluding hydrogens is 409 g/mol. The predicted octanol–water partition coefficient (Wildman–Crippen LogP) is 4.98. The second-order valence-corrected chi connectivity index (χ2v) is 7.37. The van der Waals surface area contributed by atoms with E-state index in [0.29, 0.717) is 35.0 Å². The number of hydrogen-bond donors (Lipinski definition) is 2. The number of imidazole rings is 2. The van der Waals surface area contributed by atoms with Gasteiger partial charge in [-0.05, 0) is 61.4 Å². The third kappa shape index (κ3) is 3.56. The average Bonchev–Trinajstić information content (AvgIpc) is 3.39. The van der Waals surface area contributed by atoms with Crippen LogP contribution in [0.1, 0.15) is 23.1 Å². The van der Waals surface area contributed by atoms with Crippen LogP contribution in [0.2, 0.25) is 0 Å². The fraction of sp³-hybridized carbons (Fsp3) is 0.125. The monoisotopic (exact) mass is 429 g/mol. The number of carbonyl (C=O) groups is 1. The van der Waals surface area contributed by atoms with Gasteiger partial charge in [0.25, 0.3) is 5.91 Å². The molecule has 0 radical (unpaired) electrons. The Labute approximate surface area is 182 Å². The fourth-order valence-electron chi connectivity index (χ4n) is 3.63. The van der Waals surface area contributed by atoms with E-state index >= 15 is 0 Å². The molecule has 0 saturated carbocycles. The van der Waals surface area contributed by atoms with Gasteiger partial charge in [-0.3, -0.25) is 10.1 Å². The van der Waals surface area contributed by atoms with Crippen molar-refractivity contribution in [1.82, 2.24) is 19.4 Å². The molecule has 0 unspecified atom stereocenters. The summed E-state index contributed by atoms with van der Waals surface area (Å²) in [6.45, 7) is 4.16. The number of hydrogen-bond acceptors (Lipinski definition) is 4. The minimum atomic E-state index is -0.415. The number of amides is 1. The van der Waals surface area contributed by atoms with Crippen molar-refractivity contribution in [3.05, 3.63) is 78.0 Å². The topological polar surface area (TPSA) is 84.3 Å². The minimum absolute atomic E-state index is 0.226. The lowest BCUT2D eigenvalue weighted by Gasteiger charge is -2.07. The summed E-state index contributed by atoms with van der Waals surface area (Å²) < 4.78 is 21.4. The van der Waals surface area contributed by atoms with E-state index < -0.39 is 5.82 Å². The molecule has 32 heavy (non-hydrogen) atoms. The largest absolute Gasteiger partial charge is 0.491 e. The van der Waals surface area contributed by atoms with Crippen LogP contribution in [0.4, 0.5) is 10.3 Å². The van der Waals surface area contributed by atoms with Gasteiger partial charge in [-0.1, -0.05) is 18.2 Å². The molecule has 0 atom stereocenters. The molecule has 0 saturated heterocycles. The number of ether oxygens (including phenoxy) is 1. The predicted molar refractivity (Wildman–Crippen MR) is 121 cm³/mol. The molecule has 2 aromatic carbocycles. The van der Waals surface area contributed by atoms with Gasteiger partial charge in [-0.2, -0.15) is 0 Å². The van der Waals surface area contributed by atoms with Crippen molar-refractivity contribution in [3.63, 3.8) is 0 Å². The van der Waals surface area contributed by atoms with E-state index in [4.69, 9.17) is 4.74 Å². The summed E-state index contributed by atoms with van der Waals surface area (Å²) >= 11 is 0. The number of nitrogens with zero attached hydrogens (tertiary/aromatic N) is 3. The number of fused-ring (bicyclic) bond motifs is 2.